The fourth-order valence-electron chi connectivity index (χ4n) is 1.51. The van der Waals surface area contributed by atoms with Gasteiger partial charge in [0.25, 0.3) is 10.0 Å². The Hall–Kier alpha value is -1.05. The number of nitrogen functional groups attached to an aromatic ring is 1. The average Bonchev–Trinajstić information content (AvgIpc) is 2.31. The van der Waals surface area contributed by atoms with Gasteiger partial charge >= 0.3 is 0 Å². The van der Waals surface area contributed by atoms with E-state index in [1.807, 2.05) is 0 Å². The molecule has 0 aromatic heterocycles. The Kier molecular flexibility index (Phi) is 4.17. The van der Waals surface area contributed by atoms with Crippen molar-refractivity contribution in [2.45, 2.75) is 4.90 Å². The van der Waals surface area contributed by atoms with Gasteiger partial charge in [-0.1, -0.05) is 28.1 Å². The number of sulfonamides is 1. The van der Waals surface area contributed by atoms with Crippen molar-refractivity contribution >= 4 is 53.3 Å². The minimum Gasteiger partial charge on any atom is -0.398 e. The fraction of sp³-hybridized carbons (Fsp3) is 0. The molecule has 7 heteroatoms. The monoisotopic (exact) mass is 404 g/mol. The maximum absolute atomic E-state index is 12.3. The summed E-state index contributed by atoms with van der Waals surface area (Å²) in [4.78, 5) is 0.0476. The lowest BCUT2D eigenvalue weighted by atomic mass is 10.3. The Morgan fingerprint density at radius 3 is 2.37 bits per heavy atom. The molecule has 0 aliphatic rings. The van der Waals surface area contributed by atoms with Crippen molar-refractivity contribution in [3.05, 3.63) is 51.4 Å². The first-order valence-corrected chi connectivity index (χ1v) is 8.29. The van der Waals surface area contributed by atoms with Crippen LogP contribution < -0.4 is 10.5 Å². The number of rotatable bonds is 3. The van der Waals surface area contributed by atoms with E-state index in [9.17, 15) is 8.42 Å². The molecule has 0 bridgehead atoms. The number of nitrogens with one attached hydrogen (secondary N) is 1. The lowest BCUT2D eigenvalue weighted by Crippen LogP contribution is -2.15. The molecule has 100 valence electrons. The Balaban J connectivity index is 2.41. The predicted molar refractivity (Wildman–Crippen MR) is 83.5 cm³/mol. The summed E-state index contributed by atoms with van der Waals surface area (Å²) in [6, 6.07) is 11.6. The molecular weight excluding hydrogens is 396 g/mol. The van der Waals surface area contributed by atoms with E-state index < -0.39 is 10.0 Å². The number of benzene rings is 2. The largest absolute Gasteiger partial charge is 0.398 e. The number of nitrogens with two attached hydrogens (primary N) is 1. The fourth-order valence-corrected chi connectivity index (χ4v) is 3.60. The zero-order chi connectivity index (χ0) is 14.0. The molecule has 0 heterocycles. The zero-order valence-electron chi connectivity index (χ0n) is 9.60. The molecule has 0 saturated carbocycles. The topological polar surface area (TPSA) is 72.2 Å². The first-order valence-electron chi connectivity index (χ1n) is 5.22. The normalized spacial score (nSPS) is 11.3. The van der Waals surface area contributed by atoms with Crippen LogP contribution in [0.2, 0.25) is 0 Å². The summed E-state index contributed by atoms with van der Waals surface area (Å²) < 4.78 is 28.4. The van der Waals surface area contributed by atoms with Gasteiger partial charge in [0.05, 0.1) is 11.4 Å². The molecule has 0 atom stereocenters. The van der Waals surface area contributed by atoms with Crippen molar-refractivity contribution in [1.82, 2.24) is 0 Å². The SMILES string of the molecule is Nc1cc(Br)ccc1S(=O)(=O)Nc1ccccc1Br. The molecule has 2 aromatic rings. The number of halogens is 2. The van der Waals surface area contributed by atoms with Gasteiger partial charge in [0.2, 0.25) is 0 Å². The molecule has 0 aliphatic heterocycles. The van der Waals surface area contributed by atoms with Crippen LogP contribution in [-0.2, 0) is 10.0 Å². The van der Waals surface area contributed by atoms with Crippen LogP contribution in [0.5, 0.6) is 0 Å². The van der Waals surface area contributed by atoms with Gasteiger partial charge in [-0.2, -0.15) is 0 Å². The molecular formula is C12H10Br2N2O2S. The summed E-state index contributed by atoms with van der Waals surface area (Å²) in [6.07, 6.45) is 0. The molecule has 0 saturated heterocycles. The van der Waals surface area contributed by atoms with Crippen molar-refractivity contribution in [2.75, 3.05) is 10.5 Å². The van der Waals surface area contributed by atoms with Crippen LogP contribution in [0.4, 0.5) is 11.4 Å². The van der Waals surface area contributed by atoms with Crippen LogP contribution in [0, 0.1) is 0 Å². The molecule has 0 spiro atoms. The molecule has 0 fully saturated rings. The molecule has 0 amide bonds. The van der Waals surface area contributed by atoms with E-state index in [-0.39, 0.29) is 10.6 Å². The highest BCUT2D eigenvalue weighted by Crippen LogP contribution is 2.27. The third-order valence-electron chi connectivity index (χ3n) is 2.38. The highest BCUT2D eigenvalue weighted by molar-refractivity contribution is 9.10. The molecule has 2 aromatic carbocycles. The summed E-state index contributed by atoms with van der Waals surface area (Å²) >= 11 is 6.52. The quantitative estimate of drug-likeness (QED) is 0.766. The van der Waals surface area contributed by atoms with E-state index in [4.69, 9.17) is 5.73 Å². The number of anilines is 2. The number of hydrogen-bond donors (Lipinski definition) is 2. The summed E-state index contributed by atoms with van der Waals surface area (Å²) in [6.45, 7) is 0. The Morgan fingerprint density at radius 1 is 1.05 bits per heavy atom. The smallest absolute Gasteiger partial charge is 0.263 e. The van der Waals surface area contributed by atoms with Crippen molar-refractivity contribution in [3.63, 3.8) is 0 Å². The zero-order valence-corrected chi connectivity index (χ0v) is 13.6. The molecule has 0 radical (unpaired) electrons. The van der Waals surface area contributed by atoms with Crippen molar-refractivity contribution < 1.29 is 8.42 Å². The Labute approximate surface area is 128 Å². The van der Waals surface area contributed by atoms with Crippen LogP contribution in [-0.4, -0.2) is 8.42 Å². The summed E-state index contributed by atoms with van der Waals surface area (Å²) in [7, 11) is -3.71. The van der Waals surface area contributed by atoms with Gasteiger partial charge in [0.1, 0.15) is 4.90 Å². The summed E-state index contributed by atoms with van der Waals surface area (Å²) in [5.74, 6) is 0. The van der Waals surface area contributed by atoms with Crippen LogP contribution >= 0.6 is 31.9 Å². The summed E-state index contributed by atoms with van der Waals surface area (Å²) in [5.41, 5.74) is 6.39. The van der Waals surface area contributed by atoms with Crippen LogP contribution in [0.25, 0.3) is 0 Å². The lowest BCUT2D eigenvalue weighted by molar-refractivity contribution is 0.601. The highest BCUT2D eigenvalue weighted by Gasteiger charge is 2.18. The van der Waals surface area contributed by atoms with Crippen LogP contribution in [0.15, 0.2) is 56.3 Å². The minimum atomic E-state index is -3.71. The Morgan fingerprint density at radius 2 is 1.74 bits per heavy atom. The van der Waals surface area contributed by atoms with Gasteiger partial charge in [-0.05, 0) is 46.3 Å². The van der Waals surface area contributed by atoms with E-state index in [0.717, 1.165) is 4.47 Å². The highest BCUT2D eigenvalue weighted by atomic mass is 79.9. The average molecular weight is 406 g/mol. The number of para-hydroxylation sites is 1. The maximum atomic E-state index is 12.3. The van der Waals surface area contributed by atoms with E-state index in [2.05, 4.69) is 36.6 Å². The van der Waals surface area contributed by atoms with Gasteiger partial charge in [-0.3, -0.25) is 4.72 Å². The standard InChI is InChI=1S/C12H10Br2N2O2S/c13-8-5-6-12(10(15)7-8)19(17,18)16-11-4-2-1-3-9(11)14/h1-7,16H,15H2. The van der Waals surface area contributed by atoms with Crippen molar-refractivity contribution in [3.8, 4) is 0 Å². The van der Waals surface area contributed by atoms with Crippen molar-refractivity contribution in [1.29, 1.82) is 0 Å². The minimum absolute atomic E-state index is 0.0476. The van der Waals surface area contributed by atoms with Gasteiger partial charge in [0, 0.05) is 8.95 Å². The van der Waals surface area contributed by atoms with E-state index in [0.29, 0.717) is 10.2 Å². The molecule has 3 N–H and O–H groups in total. The maximum Gasteiger partial charge on any atom is 0.263 e. The van der Waals surface area contributed by atoms with Crippen LogP contribution in [0.1, 0.15) is 0 Å². The van der Waals surface area contributed by atoms with Gasteiger partial charge in [-0.15, -0.1) is 0 Å². The second-order valence-corrected chi connectivity index (χ2v) is 7.19. The molecule has 0 aliphatic carbocycles. The molecule has 4 nitrogen and oxygen atoms in total. The lowest BCUT2D eigenvalue weighted by Gasteiger charge is -2.11. The first kappa shape index (κ1) is 14.4. The van der Waals surface area contributed by atoms with E-state index in [1.165, 1.54) is 6.07 Å². The van der Waals surface area contributed by atoms with Crippen LogP contribution in [0.3, 0.4) is 0 Å². The molecule has 0 unspecified atom stereocenters. The second kappa shape index (κ2) is 5.52. The summed E-state index contributed by atoms with van der Waals surface area (Å²) in [5, 5.41) is 0. The van der Waals surface area contributed by atoms with E-state index >= 15 is 0 Å². The number of hydrogen-bond acceptors (Lipinski definition) is 3. The first-order chi connectivity index (χ1) is 8.90. The van der Waals surface area contributed by atoms with Gasteiger partial charge < -0.3 is 5.73 Å². The Bertz CT molecular complexity index is 717. The van der Waals surface area contributed by atoms with Gasteiger partial charge in [-0.25, -0.2) is 8.42 Å². The third kappa shape index (κ3) is 3.29. The molecule has 2 rings (SSSR count). The van der Waals surface area contributed by atoms with E-state index in [1.54, 1.807) is 36.4 Å². The molecule has 19 heavy (non-hydrogen) atoms. The predicted octanol–water partition coefficient (Wildman–Crippen LogP) is 3.59. The van der Waals surface area contributed by atoms with Crippen molar-refractivity contribution in [2.24, 2.45) is 0 Å². The van der Waals surface area contributed by atoms with Gasteiger partial charge in [0.15, 0.2) is 0 Å². The third-order valence-corrected chi connectivity index (χ3v) is 5.00. The second-order valence-electron chi connectivity index (χ2n) is 3.77.